The number of methoxy groups -OCH3 is 2. The van der Waals surface area contributed by atoms with Crippen LogP contribution in [0, 0.1) is 0 Å². The molecule has 122 valence electrons. The third-order valence-corrected chi connectivity index (χ3v) is 4.35. The molecule has 0 saturated heterocycles. The predicted molar refractivity (Wildman–Crippen MR) is 95.8 cm³/mol. The van der Waals surface area contributed by atoms with Crippen molar-refractivity contribution in [1.29, 1.82) is 0 Å². The number of amides is 1. The number of hydrogen-bond acceptors (Lipinski definition) is 4. The molecule has 23 heavy (non-hydrogen) atoms. The van der Waals surface area contributed by atoms with Crippen LogP contribution in [0.2, 0.25) is 5.02 Å². The zero-order valence-corrected chi connectivity index (χ0v) is 14.5. The van der Waals surface area contributed by atoms with Crippen LogP contribution in [-0.2, 0) is 10.5 Å². The van der Waals surface area contributed by atoms with Crippen LogP contribution in [0.1, 0.15) is 5.56 Å². The minimum atomic E-state index is -0.0875. The first-order valence-electron chi connectivity index (χ1n) is 6.96. The van der Waals surface area contributed by atoms with Crippen LogP contribution in [0.5, 0.6) is 11.5 Å². The van der Waals surface area contributed by atoms with Gasteiger partial charge < -0.3 is 14.8 Å². The summed E-state index contributed by atoms with van der Waals surface area (Å²) in [4.78, 5) is 12.1. The van der Waals surface area contributed by atoms with Gasteiger partial charge in [0.2, 0.25) is 5.91 Å². The smallest absolute Gasteiger partial charge is 0.234 e. The third kappa shape index (κ3) is 5.37. The van der Waals surface area contributed by atoms with Crippen molar-refractivity contribution in [3.05, 3.63) is 53.1 Å². The molecular formula is C17H18ClNO3S. The van der Waals surface area contributed by atoms with Gasteiger partial charge in [-0.3, -0.25) is 4.79 Å². The van der Waals surface area contributed by atoms with Gasteiger partial charge in [0.15, 0.2) is 0 Å². The molecule has 0 saturated carbocycles. The van der Waals surface area contributed by atoms with Crippen molar-refractivity contribution >= 4 is 35.0 Å². The molecule has 4 nitrogen and oxygen atoms in total. The number of carbonyl (C=O) groups is 1. The number of anilines is 1. The molecule has 0 aromatic heterocycles. The van der Waals surface area contributed by atoms with E-state index >= 15 is 0 Å². The van der Waals surface area contributed by atoms with Gasteiger partial charge in [-0.15, -0.1) is 11.8 Å². The van der Waals surface area contributed by atoms with Gasteiger partial charge in [-0.2, -0.15) is 0 Å². The summed E-state index contributed by atoms with van der Waals surface area (Å²) < 4.78 is 10.4. The average Bonchev–Trinajstić information content (AvgIpc) is 2.56. The first kappa shape index (κ1) is 17.5. The number of halogens is 1. The Morgan fingerprint density at radius 3 is 2.52 bits per heavy atom. The van der Waals surface area contributed by atoms with Crippen LogP contribution >= 0.6 is 23.4 Å². The Bertz CT molecular complexity index is 661. The van der Waals surface area contributed by atoms with Crippen molar-refractivity contribution in [3.8, 4) is 11.5 Å². The lowest BCUT2D eigenvalue weighted by Gasteiger charge is -2.11. The zero-order chi connectivity index (χ0) is 16.7. The second-order valence-electron chi connectivity index (χ2n) is 4.73. The minimum Gasteiger partial charge on any atom is -0.497 e. The van der Waals surface area contributed by atoms with Crippen molar-refractivity contribution in [2.45, 2.75) is 5.75 Å². The highest BCUT2D eigenvalue weighted by Crippen LogP contribution is 2.29. The zero-order valence-electron chi connectivity index (χ0n) is 13.0. The number of nitrogens with one attached hydrogen (secondary N) is 1. The summed E-state index contributed by atoms with van der Waals surface area (Å²) in [6.07, 6.45) is 0. The van der Waals surface area contributed by atoms with E-state index in [1.807, 2.05) is 24.3 Å². The monoisotopic (exact) mass is 351 g/mol. The fourth-order valence-electron chi connectivity index (χ4n) is 1.94. The molecule has 0 radical (unpaired) electrons. The molecule has 0 heterocycles. The third-order valence-electron chi connectivity index (χ3n) is 3.10. The maximum atomic E-state index is 12.1. The highest BCUT2D eigenvalue weighted by molar-refractivity contribution is 7.99. The van der Waals surface area contributed by atoms with Crippen LogP contribution in [0.4, 0.5) is 5.69 Å². The summed E-state index contributed by atoms with van der Waals surface area (Å²) in [7, 11) is 3.14. The molecule has 2 aromatic rings. The number of benzene rings is 2. The van der Waals surface area contributed by atoms with Crippen LogP contribution in [0.15, 0.2) is 42.5 Å². The largest absolute Gasteiger partial charge is 0.497 e. The van der Waals surface area contributed by atoms with Gasteiger partial charge in [0.25, 0.3) is 0 Å². The first-order chi connectivity index (χ1) is 11.1. The van der Waals surface area contributed by atoms with Gasteiger partial charge in [-0.25, -0.2) is 0 Å². The molecule has 0 bridgehead atoms. The fraction of sp³-hybridized carbons (Fsp3) is 0.235. The number of thioether (sulfide) groups is 1. The molecule has 1 N–H and O–H groups in total. The normalized spacial score (nSPS) is 10.2. The second kappa shape index (κ2) is 8.70. The summed E-state index contributed by atoms with van der Waals surface area (Å²) >= 11 is 7.38. The van der Waals surface area contributed by atoms with E-state index in [4.69, 9.17) is 21.1 Å². The predicted octanol–water partition coefficient (Wildman–Crippen LogP) is 4.23. The summed E-state index contributed by atoms with van der Waals surface area (Å²) in [6, 6.07) is 12.9. The van der Waals surface area contributed by atoms with Gasteiger partial charge in [0, 0.05) is 16.8 Å². The van der Waals surface area contributed by atoms with Crippen LogP contribution in [0.25, 0.3) is 0 Å². The Morgan fingerprint density at radius 2 is 1.87 bits per heavy atom. The van der Waals surface area contributed by atoms with E-state index in [0.717, 1.165) is 11.3 Å². The van der Waals surface area contributed by atoms with Crippen molar-refractivity contribution in [3.63, 3.8) is 0 Å². The SMILES string of the molecule is COc1ccc(OC)c(NC(=O)CSCc2ccc(Cl)cc2)c1. The Hall–Kier alpha value is -1.85. The molecule has 2 rings (SSSR count). The fourth-order valence-corrected chi connectivity index (χ4v) is 2.85. The number of carbonyl (C=O) groups excluding carboxylic acids is 1. The maximum Gasteiger partial charge on any atom is 0.234 e. The molecule has 6 heteroatoms. The van der Waals surface area contributed by atoms with E-state index in [2.05, 4.69) is 5.32 Å². The topological polar surface area (TPSA) is 47.6 Å². The standard InChI is InChI=1S/C17H18ClNO3S/c1-21-14-7-8-16(22-2)15(9-14)19-17(20)11-23-10-12-3-5-13(18)6-4-12/h3-9H,10-11H2,1-2H3,(H,19,20). The first-order valence-corrected chi connectivity index (χ1v) is 8.49. The van der Waals surface area contributed by atoms with E-state index in [1.165, 1.54) is 11.8 Å². The maximum absolute atomic E-state index is 12.1. The van der Waals surface area contributed by atoms with Gasteiger partial charge >= 0.3 is 0 Å². The van der Waals surface area contributed by atoms with Gasteiger partial charge in [0.1, 0.15) is 11.5 Å². The molecule has 1 amide bonds. The quantitative estimate of drug-likeness (QED) is 0.811. The summed E-state index contributed by atoms with van der Waals surface area (Å²) in [6.45, 7) is 0. The molecular weight excluding hydrogens is 334 g/mol. The van der Waals surface area contributed by atoms with E-state index in [9.17, 15) is 4.79 Å². The lowest BCUT2D eigenvalue weighted by atomic mass is 10.2. The molecule has 0 aliphatic carbocycles. The summed E-state index contributed by atoms with van der Waals surface area (Å²) in [5.41, 5.74) is 1.73. The molecule has 0 unspecified atom stereocenters. The van der Waals surface area contributed by atoms with Gasteiger partial charge in [0.05, 0.1) is 25.7 Å². The molecule has 2 aromatic carbocycles. The van der Waals surface area contributed by atoms with Crippen molar-refractivity contribution in [1.82, 2.24) is 0 Å². The van der Waals surface area contributed by atoms with E-state index in [0.29, 0.717) is 28.0 Å². The molecule has 0 aliphatic rings. The van der Waals surface area contributed by atoms with E-state index in [1.54, 1.807) is 32.4 Å². The van der Waals surface area contributed by atoms with Crippen molar-refractivity contribution in [2.75, 3.05) is 25.3 Å². The number of hydrogen-bond donors (Lipinski definition) is 1. The Balaban J connectivity index is 1.88. The number of rotatable bonds is 7. The van der Waals surface area contributed by atoms with Crippen molar-refractivity contribution in [2.24, 2.45) is 0 Å². The van der Waals surface area contributed by atoms with Crippen molar-refractivity contribution < 1.29 is 14.3 Å². The van der Waals surface area contributed by atoms with Gasteiger partial charge in [-0.05, 0) is 29.8 Å². The molecule has 0 atom stereocenters. The van der Waals surface area contributed by atoms with Crippen LogP contribution in [0.3, 0.4) is 0 Å². The molecule has 0 aliphatic heterocycles. The Labute approximate surface area is 145 Å². The van der Waals surface area contributed by atoms with E-state index < -0.39 is 0 Å². The molecule has 0 spiro atoms. The van der Waals surface area contributed by atoms with Crippen LogP contribution < -0.4 is 14.8 Å². The lowest BCUT2D eigenvalue weighted by molar-refractivity contribution is -0.113. The highest BCUT2D eigenvalue weighted by atomic mass is 35.5. The molecule has 0 fully saturated rings. The number of ether oxygens (including phenoxy) is 2. The van der Waals surface area contributed by atoms with Gasteiger partial charge in [-0.1, -0.05) is 23.7 Å². The highest BCUT2D eigenvalue weighted by Gasteiger charge is 2.09. The Kier molecular flexibility index (Phi) is 6.62. The average molecular weight is 352 g/mol. The Morgan fingerprint density at radius 1 is 1.13 bits per heavy atom. The van der Waals surface area contributed by atoms with Crippen LogP contribution in [-0.4, -0.2) is 25.9 Å². The second-order valence-corrected chi connectivity index (χ2v) is 6.16. The summed E-state index contributed by atoms with van der Waals surface area (Å²) in [5.74, 6) is 2.27. The van der Waals surface area contributed by atoms with E-state index in [-0.39, 0.29) is 5.91 Å². The summed E-state index contributed by atoms with van der Waals surface area (Å²) in [5, 5.41) is 3.56. The lowest BCUT2D eigenvalue weighted by Crippen LogP contribution is -2.15. The minimum absolute atomic E-state index is 0.0875.